The van der Waals surface area contributed by atoms with Crippen LogP contribution in [0.2, 0.25) is 0 Å². The van der Waals surface area contributed by atoms with Crippen molar-refractivity contribution in [2.75, 3.05) is 42.7 Å². The lowest BCUT2D eigenvalue weighted by Gasteiger charge is -2.35. The molecule has 7 nitrogen and oxygen atoms in total. The van der Waals surface area contributed by atoms with Crippen LogP contribution in [0.3, 0.4) is 0 Å². The number of amides is 1. The molecule has 1 N–H and O–H groups in total. The Balaban J connectivity index is 1.51. The molecule has 2 aromatic rings. The van der Waals surface area contributed by atoms with Crippen molar-refractivity contribution in [2.45, 2.75) is 51.0 Å². The minimum Gasteiger partial charge on any atom is -0.444 e. The molecule has 0 unspecified atom stereocenters. The second kappa shape index (κ2) is 10.9. The van der Waals surface area contributed by atoms with E-state index in [-0.39, 0.29) is 6.09 Å². The van der Waals surface area contributed by atoms with E-state index < -0.39 is 5.60 Å². The van der Waals surface area contributed by atoms with E-state index in [1.54, 1.807) is 6.33 Å². The van der Waals surface area contributed by atoms with Crippen molar-refractivity contribution in [3.63, 3.8) is 0 Å². The third-order valence-electron chi connectivity index (χ3n) is 5.28. The molecule has 0 spiro atoms. The van der Waals surface area contributed by atoms with Gasteiger partial charge in [0.1, 0.15) is 23.6 Å². The minimum atomic E-state index is -0.455. The molecule has 1 saturated heterocycles. The van der Waals surface area contributed by atoms with Crippen LogP contribution in [0.5, 0.6) is 0 Å². The van der Waals surface area contributed by atoms with Gasteiger partial charge in [0, 0.05) is 43.3 Å². The Labute approximate surface area is 195 Å². The monoisotopic (exact) mass is 457 g/mol. The van der Waals surface area contributed by atoms with Gasteiger partial charge in [0.05, 0.1) is 0 Å². The first-order chi connectivity index (χ1) is 15.2. The fourth-order valence-corrected chi connectivity index (χ4v) is 4.34. The molecule has 2 heterocycles. The standard InChI is InChI=1S/C24H35N5O2S/c1-6-32-20-9-7-19(8-10-20)27-21-15-22(26-17-25-21)28(5)16-18-11-13-29(14-12-18)23(30)31-24(2,3)4/h7-10,15,17-18H,6,11-14,16H2,1-5H3,(H,25,26,27). The van der Waals surface area contributed by atoms with Gasteiger partial charge in [-0.15, -0.1) is 11.8 Å². The normalized spacial score (nSPS) is 14.8. The van der Waals surface area contributed by atoms with Gasteiger partial charge in [0.2, 0.25) is 0 Å². The molecule has 1 aromatic heterocycles. The highest BCUT2D eigenvalue weighted by Crippen LogP contribution is 2.25. The van der Waals surface area contributed by atoms with Gasteiger partial charge in [0.15, 0.2) is 0 Å². The quantitative estimate of drug-likeness (QED) is 0.557. The number of rotatable bonds is 7. The Kier molecular flexibility index (Phi) is 8.23. The van der Waals surface area contributed by atoms with E-state index in [1.165, 1.54) is 4.90 Å². The van der Waals surface area contributed by atoms with Crippen molar-refractivity contribution in [2.24, 2.45) is 5.92 Å². The Morgan fingerprint density at radius 1 is 1.22 bits per heavy atom. The first kappa shape index (κ1) is 24.2. The number of hydrogen-bond acceptors (Lipinski definition) is 7. The average molecular weight is 458 g/mol. The zero-order chi connectivity index (χ0) is 23.1. The molecule has 1 aromatic carbocycles. The summed E-state index contributed by atoms with van der Waals surface area (Å²) < 4.78 is 5.49. The topological polar surface area (TPSA) is 70.6 Å². The molecule has 0 radical (unpaired) electrons. The molecule has 0 saturated carbocycles. The summed E-state index contributed by atoms with van der Waals surface area (Å²) in [7, 11) is 2.06. The highest BCUT2D eigenvalue weighted by molar-refractivity contribution is 7.99. The predicted molar refractivity (Wildman–Crippen MR) is 132 cm³/mol. The lowest BCUT2D eigenvalue weighted by Crippen LogP contribution is -2.43. The molecule has 1 aliphatic rings. The third-order valence-corrected chi connectivity index (χ3v) is 6.17. The Hall–Kier alpha value is -2.48. The number of carbonyl (C=O) groups excluding carboxylic acids is 1. The summed E-state index contributed by atoms with van der Waals surface area (Å²) >= 11 is 1.83. The summed E-state index contributed by atoms with van der Waals surface area (Å²) in [5, 5.41) is 3.36. The number of benzene rings is 1. The first-order valence-electron chi connectivity index (χ1n) is 11.2. The maximum Gasteiger partial charge on any atom is 0.410 e. The summed E-state index contributed by atoms with van der Waals surface area (Å²) in [4.78, 5) is 26.3. The van der Waals surface area contributed by atoms with Crippen LogP contribution in [0.25, 0.3) is 0 Å². The first-order valence-corrected chi connectivity index (χ1v) is 12.2. The maximum atomic E-state index is 12.3. The molecule has 0 aliphatic carbocycles. The van der Waals surface area contributed by atoms with Gasteiger partial charge in [-0.25, -0.2) is 14.8 Å². The van der Waals surface area contributed by atoms with Gasteiger partial charge in [-0.2, -0.15) is 0 Å². The number of ether oxygens (including phenoxy) is 1. The number of thioether (sulfide) groups is 1. The van der Waals surface area contributed by atoms with Gasteiger partial charge in [0.25, 0.3) is 0 Å². The highest BCUT2D eigenvalue weighted by Gasteiger charge is 2.27. The SMILES string of the molecule is CCSc1ccc(Nc2cc(N(C)CC3CCN(C(=O)OC(C)(C)C)CC3)ncn2)cc1. The number of carbonyl (C=O) groups is 1. The summed E-state index contributed by atoms with van der Waals surface area (Å²) in [6.45, 7) is 10.2. The van der Waals surface area contributed by atoms with Crippen LogP contribution in [0.4, 0.5) is 22.1 Å². The van der Waals surface area contributed by atoms with Crippen LogP contribution in [0.15, 0.2) is 41.6 Å². The summed E-state index contributed by atoms with van der Waals surface area (Å²) in [5.41, 5.74) is 0.552. The summed E-state index contributed by atoms with van der Waals surface area (Å²) in [6, 6.07) is 10.4. The van der Waals surface area contributed by atoms with E-state index >= 15 is 0 Å². The number of nitrogens with one attached hydrogen (secondary N) is 1. The largest absolute Gasteiger partial charge is 0.444 e. The molecular formula is C24H35N5O2S. The van der Waals surface area contributed by atoms with Crippen molar-refractivity contribution in [3.8, 4) is 0 Å². The van der Waals surface area contributed by atoms with Gasteiger partial charge in [-0.05, 0) is 69.5 Å². The molecule has 3 rings (SSSR count). The van der Waals surface area contributed by atoms with Crippen LogP contribution in [-0.2, 0) is 4.74 Å². The van der Waals surface area contributed by atoms with E-state index in [9.17, 15) is 4.79 Å². The summed E-state index contributed by atoms with van der Waals surface area (Å²) in [5.74, 6) is 3.23. The number of piperidine rings is 1. The van der Waals surface area contributed by atoms with Gasteiger partial charge >= 0.3 is 6.09 Å². The molecule has 0 bridgehead atoms. The van der Waals surface area contributed by atoms with Gasteiger partial charge in [-0.1, -0.05) is 6.92 Å². The van der Waals surface area contributed by atoms with E-state index in [4.69, 9.17) is 4.74 Å². The second-order valence-electron chi connectivity index (χ2n) is 9.14. The molecule has 1 fully saturated rings. The lowest BCUT2D eigenvalue weighted by molar-refractivity contribution is 0.0186. The Bertz CT molecular complexity index is 877. The van der Waals surface area contributed by atoms with Crippen LogP contribution in [0, 0.1) is 5.92 Å². The number of hydrogen-bond donors (Lipinski definition) is 1. The smallest absolute Gasteiger partial charge is 0.410 e. The average Bonchev–Trinajstić information content (AvgIpc) is 2.75. The van der Waals surface area contributed by atoms with Crippen LogP contribution in [0.1, 0.15) is 40.5 Å². The van der Waals surface area contributed by atoms with Gasteiger partial charge in [-0.3, -0.25) is 0 Å². The maximum absolute atomic E-state index is 12.3. The number of nitrogens with zero attached hydrogens (tertiary/aromatic N) is 4. The molecule has 0 atom stereocenters. The molecule has 8 heteroatoms. The third kappa shape index (κ3) is 7.29. The van der Waals surface area contributed by atoms with E-state index in [0.717, 1.165) is 55.6 Å². The van der Waals surface area contributed by atoms with E-state index in [1.807, 2.05) is 43.5 Å². The molecule has 32 heavy (non-hydrogen) atoms. The van der Waals surface area contributed by atoms with Crippen molar-refractivity contribution in [1.82, 2.24) is 14.9 Å². The molecule has 1 amide bonds. The van der Waals surface area contributed by atoms with Crippen molar-refractivity contribution < 1.29 is 9.53 Å². The Morgan fingerprint density at radius 2 is 1.91 bits per heavy atom. The van der Waals surface area contributed by atoms with Crippen LogP contribution in [-0.4, -0.2) is 59.0 Å². The fraction of sp³-hybridized carbons (Fsp3) is 0.542. The summed E-state index contributed by atoms with van der Waals surface area (Å²) in [6.07, 6.45) is 3.31. The second-order valence-corrected chi connectivity index (χ2v) is 10.5. The molecular weight excluding hydrogens is 422 g/mol. The number of anilines is 3. The van der Waals surface area contributed by atoms with Crippen LogP contribution >= 0.6 is 11.8 Å². The minimum absolute atomic E-state index is 0.211. The molecule has 174 valence electrons. The number of likely N-dealkylation sites (tertiary alicyclic amines) is 1. The highest BCUT2D eigenvalue weighted by atomic mass is 32.2. The van der Waals surface area contributed by atoms with E-state index in [0.29, 0.717) is 5.92 Å². The fourth-order valence-electron chi connectivity index (χ4n) is 3.68. The van der Waals surface area contributed by atoms with Gasteiger partial charge < -0.3 is 19.9 Å². The zero-order valence-electron chi connectivity index (χ0n) is 19.8. The van der Waals surface area contributed by atoms with Crippen molar-refractivity contribution in [3.05, 3.63) is 36.7 Å². The Morgan fingerprint density at radius 3 is 2.53 bits per heavy atom. The van der Waals surface area contributed by atoms with Crippen LogP contribution < -0.4 is 10.2 Å². The zero-order valence-corrected chi connectivity index (χ0v) is 20.6. The number of aromatic nitrogens is 2. The van der Waals surface area contributed by atoms with Crippen molar-refractivity contribution >= 4 is 35.2 Å². The van der Waals surface area contributed by atoms with Crippen molar-refractivity contribution in [1.29, 1.82) is 0 Å². The van der Waals surface area contributed by atoms with E-state index in [2.05, 4.69) is 58.4 Å². The predicted octanol–water partition coefficient (Wildman–Crippen LogP) is 5.42. The molecule has 1 aliphatic heterocycles. The lowest BCUT2D eigenvalue weighted by atomic mass is 9.96.